The van der Waals surface area contributed by atoms with Crippen LogP contribution < -0.4 is 9.47 Å². The predicted octanol–water partition coefficient (Wildman–Crippen LogP) is 3.32. The van der Waals surface area contributed by atoms with E-state index in [4.69, 9.17) is 52.1 Å². The lowest BCUT2D eigenvalue weighted by molar-refractivity contribution is -0.307. The first-order valence-corrected chi connectivity index (χ1v) is 14.6. The van der Waals surface area contributed by atoms with Crippen LogP contribution in [0.4, 0.5) is 0 Å². The normalized spacial score (nSPS) is 28.0. The van der Waals surface area contributed by atoms with Gasteiger partial charge in [0.1, 0.15) is 24.7 Å². The first-order valence-electron chi connectivity index (χ1n) is 14.6. The van der Waals surface area contributed by atoms with Crippen LogP contribution >= 0.6 is 0 Å². The number of hydrogen-bond donors (Lipinski definition) is 0. The Hall–Kier alpha value is -2.32. The second-order valence-corrected chi connectivity index (χ2v) is 10.3. The SMILES string of the molecule is c1cc2cc(c1)C1OCC3(CO1)COC(OC3)c1cccc(c1)OCCOCCOCCOCCOCCOCCO2. The summed E-state index contributed by atoms with van der Waals surface area (Å²) >= 11 is 0. The van der Waals surface area contributed by atoms with Crippen molar-refractivity contribution in [2.24, 2.45) is 5.41 Å². The number of hydrogen-bond acceptors (Lipinski definition) is 11. The Morgan fingerprint density at radius 3 is 1.12 bits per heavy atom. The summed E-state index contributed by atoms with van der Waals surface area (Å²) < 4.78 is 64.0. The molecule has 0 aromatic heterocycles. The maximum absolute atomic E-state index is 6.13. The molecule has 0 atom stereocenters. The topological polar surface area (TPSA) is 102 Å². The second kappa shape index (κ2) is 17.1. The Kier molecular flexibility index (Phi) is 12.7. The first-order chi connectivity index (χ1) is 20.8. The molecule has 11 nitrogen and oxygen atoms in total. The van der Waals surface area contributed by atoms with Crippen molar-refractivity contribution in [3.63, 3.8) is 0 Å². The van der Waals surface area contributed by atoms with E-state index in [1.807, 2.05) is 48.5 Å². The molecule has 7 rings (SSSR count). The summed E-state index contributed by atoms with van der Waals surface area (Å²) in [6, 6.07) is 15.5. The van der Waals surface area contributed by atoms with Crippen molar-refractivity contribution < 1.29 is 52.1 Å². The summed E-state index contributed by atoms with van der Waals surface area (Å²) in [6.45, 7) is 7.63. The molecular weight excluding hydrogens is 548 g/mol. The Labute approximate surface area is 247 Å². The summed E-state index contributed by atoms with van der Waals surface area (Å²) in [4.78, 5) is 0. The van der Waals surface area contributed by atoms with E-state index in [2.05, 4.69) is 0 Å². The highest BCUT2D eigenvalue weighted by molar-refractivity contribution is 5.30. The van der Waals surface area contributed by atoms with Gasteiger partial charge in [0.15, 0.2) is 12.6 Å². The zero-order valence-electron chi connectivity index (χ0n) is 24.1. The van der Waals surface area contributed by atoms with Crippen LogP contribution in [-0.4, -0.2) is 106 Å². The molecule has 5 aliphatic rings. The molecular formula is C31H42O11. The van der Waals surface area contributed by atoms with Crippen molar-refractivity contribution >= 4 is 0 Å². The minimum Gasteiger partial charge on any atom is -0.491 e. The molecule has 0 radical (unpaired) electrons. The van der Waals surface area contributed by atoms with Crippen LogP contribution in [0.5, 0.6) is 11.5 Å². The molecule has 232 valence electrons. The molecule has 5 heterocycles. The van der Waals surface area contributed by atoms with Gasteiger partial charge >= 0.3 is 0 Å². The van der Waals surface area contributed by atoms with Gasteiger partial charge in [0.05, 0.1) is 97.9 Å². The van der Waals surface area contributed by atoms with Gasteiger partial charge in [0.2, 0.25) is 0 Å². The molecule has 11 heteroatoms. The van der Waals surface area contributed by atoms with Gasteiger partial charge in [-0.1, -0.05) is 24.3 Å². The monoisotopic (exact) mass is 590 g/mol. The second-order valence-electron chi connectivity index (χ2n) is 10.3. The average molecular weight is 591 g/mol. The largest absolute Gasteiger partial charge is 0.491 e. The van der Waals surface area contributed by atoms with Gasteiger partial charge in [-0.2, -0.15) is 0 Å². The summed E-state index contributed by atoms with van der Waals surface area (Å²) in [5.41, 5.74) is 1.44. The molecule has 42 heavy (non-hydrogen) atoms. The summed E-state index contributed by atoms with van der Waals surface area (Å²) in [5, 5.41) is 0. The maximum atomic E-state index is 6.13. The standard InChI is InChI=1S/C31H42O11/c1-3-25-19-27(5-1)37-17-15-35-13-11-33-9-7-32-8-10-34-12-14-36-16-18-38-28-6-2-4-26(20-28)30-41-23-31(24-42-30)21-39-29(25)40-22-31/h1-6,19-20,29-30H,7-18,21-24H2. The van der Waals surface area contributed by atoms with E-state index in [0.29, 0.717) is 106 Å². The van der Waals surface area contributed by atoms with E-state index < -0.39 is 12.6 Å². The quantitative estimate of drug-likeness (QED) is 0.452. The van der Waals surface area contributed by atoms with Crippen LogP contribution in [0, 0.1) is 5.41 Å². The molecule has 5 aliphatic heterocycles. The molecule has 2 aromatic carbocycles. The maximum Gasteiger partial charge on any atom is 0.183 e. The highest BCUT2D eigenvalue weighted by Crippen LogP contribution is 2.39. The Morgan fingerprint density at radius 1 is 0.429 bits per heavy atom. The fourth-order valence-corrected chi connectivity index (χ4v) is 4.66. The Morgan fingerprint density at radius 2 is 0.762 bits per heavy atom. The number of benzene rings is 2. The van der Waals surface area contributed by atoms with Gasteiger partial charge in [-0.05, 0) is 24.3 Å². The van der Waals surface area contributed by atoms with E-state index in [9.17, 15) is 0 Å². The Bertz CT molecular complexity index is 950. The molecule has 7 bridgehead atoms. The van der Waals surface area contributed by atoms with Gasteiger partial charge in [0.25, 0.3) is 0 Å². The van der Waals surface area contributed by atoms with Crippen LogP contribution in [-0.2, 0) is 42.6 Å². The van der Waals surface area contributed by atoms with Gasteiger partial charge in [-0.25, -0.2) is 0 Å². The fourth-order valence-electron chi connectivity index (χ4n) is 4.66. The molecule has 2 saturated heterocycles. The van der Waals surface area contributed by atoms with Gasteiger partial charge < -0.3 is 52.1 Å². The van der Waals surface area contributed by atoms with Crippen molar-refractivity contribution in [1.29, 1.82) is 0 Å². The van der Waals surface area contributed by atoms with Crippen LogP contribution in [0.15, 0.2) is 48.5 Å². The molecule has 1 spiro atoms. The zero-order valence-corrected chi connectivity index (χ0v) is 24.1. The Balaban J connectivity index is 1.12. The molecule has 2 aromatic rings. The van der Waals surface area contributed by atoms with Gasteiger partial charge in [0, 0.05) is 11.1 Å². The van der Waals surface area contributed by atoms with Crippen LogP contribution in [0.3, 0.4) is 0 Å². The van der Waals surface area contributed by atoms with Crippen molar-refractivity contribution in [1.82, 2.24) is 0 Å². The zero-order chi connectivity index (χ0) is 28.7. The lowest BCUT2D eigenvalue weighted by Crippen LogP contribution is -2.49. The first kappa shape index (κ1) is 31.1. The lowest BCUT2D eigenvalue weighted by atomic mass is 9.90. The molecule has 0 amide bonds. The molecule has 2 fully saturated rings. The number of rotatable bonds is 0. The van der Waals surface area contributed by atoms with E-state index in [1.54, 1.807) is 0 Å². The number of ether oxygens (including phenoxy) is 11. The summed E-state index contributed by atoms with van der Waals surface area (Å²) in [7, 11) is 0. The summed E-state index contributed by atoms with van der Waals surface area (Å²) in [5.74, 6) is 1.47. The van der Waals surface area contributed by atoms with E-state index in [1.165, 1.54) is 0 Å². The van der Waals surface area contributed by atoms with Crippen molar-refractivity contribution in [2.75, 3.05) is 106 Å². The van der Waals surface area contributed by atoms with Crippen molar-refractivity contribution in [3.8, 4) is 11.5 Å². The molecule has 0 aliphatic carbocycles. The van der Waals surface area contributed by atoms with Crippen LogP contribution in [0.1, 0.15) is 23.7 Å². The van der Waals surface area contributed by atoms with Crippen LogP contribution in [0.25, 0.3) is 0 Å². The lowest BCUT2D eigenvalue weighted by Gasteiger charge is -2.43. The molecule has 0 saturated carbocycles. The predicted molar refractivity (Wildman–Crippen MR) is 150 cm³/mol. The molecule has 0 unspecified atom stereocenters. The minimum atomic E-state index is -0.478. The van der Waals surface area contributed by atoms with E-state index >= 15 is 0 Å². The van der Waals surface area contributed by atoms with E-state index in [0.717, 1.165) is 22.6 Å². The van der Waals surface area contributed by atoms with Crippen molar-refractivity contribution in [3.05, 3.63) is 59.7 Å². The van der Waals surface area contributed by atoms with Gasteiger partial charge in [-0.3, -0.25) is 0 Å². The smallest absolute Gasteiger partial charge is 0.183 e. The number of fused-ring (bicyclic) bond motifs is 2. The molecule has 0 N–H and O–H groups in total. The van der Waals surface area contributed by atoms with Crippen LogP contribution in [0.2, 0.25) is 0 Å². The third-order valence-electron chi connectivity index (χ3n) is 6.90. The fraction of sp³-hybridized carbons (Fsp3) is 0.613. The summed E-state index contributed by atoms with van der Waals surface area (Å²) in [6.07, 6.45) is -0.956. The highest BCUT2D eigenvalue weighted by atomic mass is 16.7. The minimum absolute atomic E-state index is 0.358. The third-order valence-corrected chi connectivity index (χ3v) is 6.90. The van der Waals surface area contributed by atoms with Gasteiger partial charge in [-0.15, -0.1) is 0 Å². The van der Waals surface area contributed by atoms with E-state index in [-0.39, 0.29) is 5.41 Å². The van der Waals surface area contributed by atoms with Crippen molar-refractivity contribution in [2.45, 2.75) is 12.6 Å². The third kappa shape index (κ3) is 9.87. The highest BCUT2D eigenvalue weighted by Gasteiger charge is 2.42. The average Bonchev–Trinajstić information content (AvgIpc) is 3.03.